The van der Waals surface area contributed by atoms with Gasteiger partial charge in [-0.25, -0.2) is 9.97 Å². The Morgan fingerprint density at radius 3 is 2.43 bits per heavy atom. The summed E-state index contributed by atoms with van der Waals surface area (Å²) in [5, 5.41) is 0.861. The molecule has 0 radical (unpaired) electrons. The normalized spacial score (nSPS) is 11.5. The van der Waals surface area contributed by atoms with Crippen LogP contribution in [0.1, 0.15) is 6.42 Å². The summed E-state index contributed by atoms with van der Waals surface area (Å²) in [6.07, 6.45) is 5.94. The van der Waals surface area contributed by atoms with E-state index in [4.69, 9.17) is 0 Å². The Hall–Kier alpha value is -3.32. The fourth-order valence-electron chi connectivity index (χ4n) is 3.27. The molecule has 0 bridgehead atoms. The van der Waals surface area contributed by atoms with Gasteiger partial charge in [-0.2, -0.15) is 0 Å². The molecule has 4 heterocycles. The van der Waals surface area contributed by atoms with Crippen molar-refractivity contribution in [1.82, 2.24) is 24.0 Å². The molecular formula is C21H21N5O2. The molecule has 0 fully saturated rings. The van der Waals surface area contributed by atoms with Crippen molar-refractivity contribution in [2.75, 3.05) is 20.6 Å². The molecule has 4 rings (SSSR count). The molecule has 7 heteroatoms. The Kier molecular flexibility index (Phi) is 4.75. The first-order valence-corrected chi connectivity index (χ1v) is 9.16. The van der Waals surface area contributed by atoms with Gasteiger partial charge in [0.25, 0.3) is 11.1 Å². The summed E-state index contributed by atoms with van der Waals surface area (Å²) in [6, 6.07) is 10.6. The van der Waals surface area contributed by atoms with Crippen molar-refractivity contribution in [2.24, 2.45) is 0 Å². The predicted molar refractivity (Wildman–Crippen MR) is 110 cm³/mol. The summed E-state index contributed by atoms with van der Waals surface area (Å²) in [7, 11) is 4.01. The van der Waals surface area contributed by atoms with Crippen molar-refractivity contribution >= 4 is 21.8 Å². The van der Waals surface area contributed by atoms with Crippen LogP contribution in [0.25, 0.3) is 27.6 Å². The molecule has 0 amide bonds. The van der Waals surface area contributed by atoms with E-state index in [2.05, 4.69) is 14.9 Å². The largest absolute Gasteiger partial charge is 0.315 e. The molecule has 7 nitrogen and oxygen atoms in total. The summed E-state index contributed by atoms with van der Waals surface area (Å²) in [4.78, 5) is 36.7. The SMILES string of the molecule is CN(C)CCCn1ccc2nc3ccn(-c4ccccn4)c(=O)c3cc2c1=O. The molecule has 0 aromatic carbocycles. The van der Waals surface area contributed by atoms with E-state index < -0.39 is 0 Å². The lowest BCUT2D eigenvalue weighted by molar-refractivity contribution is 0.385. The molecular weight excluding hydrogens is 354 g/mol. The van der Waals surface area contributed by atoms with Crippen LogP contribution in [0.15, 0.2) is 64.6 Å². The van der Waals surface area contributed by atoms with Crippen molar-refractivity contribution in [3.8, 4) is 5.82 Å². The number of hydrogen-bond donors (Lipinski definition) is 0. The van der Waals surface area contributed by atoms with E-state index in [1.807, 2.05) is 26.2 Å². The highest BCUT2D eigenvalue weighted by Gasteiger charge is 2.11. The van der Waals surface area contributed by atoms with E-state index in [0.717, 1.165) is 13.0 Å². The Morgan fingerprint density at radius 2 is 1.71 bits per heavy atom. The maximum Gasteiger partial charge on any atom is 0.265 e. The Balaban J connectivity index is 1.84. The number of nitrogens with zero attached hydrogens (tertiary/aromatic N) is 5. The van der Waals surface area contributed by atoms with E-state index in [0.29, 0.717) is 34.2 Å². The molecule has 4 aromatic heterocycles. The van der Waals surface area contributed by atoms with Crippen LogP contribution in [0.5, 0.6) is 0 Å². The first-order valence-electron chi connectivity index (χ1n) is 9.16. The minimum absolute atomic E-state index is 0.127. The monoisotopic (exact) mass is 375 g/mol. The maximum atomic E-state index is 13.0. The molecule has 0 spiro atoms. The van der Waals surface area contributed by atoms with Crippen molar-refractivity contribution in [3.05, 3.63) is 75.7 Å². The van der Waals surface area contributed by atoms with E-state index in [1.165, 1.54) is 4.57 Å². The predicted octanol–water partition coefficient (Wildman–Crippen LogP) is 2.05. The third-order valence-electron chi connectivity index (χ3n) is 4.72. The van der Waals surface area contributed by atoms with Gasteiger partial charge >= 0.3 is 0 Å². The second kappa shape index (κ2) is 7.36. The molecule has 0 saturated heterocycles. The number of fused-ring (bicyclic) bond motifs is 2. The Bertz CT molecular complexity index is 1260. The molecule has 142 valence electrons. The smallest absolute Gasteiger partial charge is 0.265 e. The van der Waals surface area contributed by atoms with Crippen LogP contribution in [-0.4, -0.2) is 44.6 Å². The van der Waals surface area contributed by atoms with Gasteiger partial charge in [-0.3, -0.25) is 14.2 Å². The summed E-state index contributed by atoms with van der Waals surface area (Å²) in [5.41, 5.74) is 0.789. The van der Waals surface area contributed by atoms with Crippen LogP contribution < -0.4 is 11.1 Å². The molecule has 0 N–H and O–H groups in total. The Labute approximate surface area is 161 Å². The van der Waals surface area contributed by atoms with Gasteiger partial charge in [-0.15, -0.1) is 0 Å². The second-order valence-electron chi connectivity index (χ2n) is 7.00. The van der Waals surface area contributed by atoms with Crippen LogP contribution in [0, 0.1) is 0 Å². The van der Waals surface area contributed by atoms with Crippen molar-refractivity contribution < 1.29 is 0 Å². The van der Waals surface area contributed by atoms with Crippen LogP contribution in [0.4, 0.5) is 0 Å². The summed E-state index contributed by atoms with van der Waals surface area (Å²) in [6.45, 7) is 1.52. The van der Waals surface area contributed by atoms with Gasteiger partial charge in [-0.1, -0.05) is 6.07 Å². The summed E-state index contributed by atoms with van der Waals surface area (Å²) < 4.78 is 3.15. The first-order chi connectivity index (χ1) is 13.5. The summed E-state index contributed by atoms with van der Waals surface area (Å²) >= 11 is 0. The average Bonchev–Trinajstić information content (AvgIpc) is 2.70. The number of aromatic nitrogens is 4. The van der Waals surface area contributed by atoms with Crippen LogP contribution in [0.3, 0.4) is 0 Å². The third-order valence-corrected chi connectivity index (χ3v) is 4.72. The van der Waals surface area contributed by atoms with E-state index in [1.54, 1.807) is 47.4 Å². The topological polar surface area (TPSA) is 73.0 Å². The number of pyridine rings is 4. The quantitative estimate of drug-likeness (QED) is 0.499. The van der Waals surface area contributed by atoms with Gasteiger partial charge < -0.3 is 9.47 Å². The molecule has 0 atom stereocenters. The van der Waals surface area contributed by atoms with Crippen LogP contribution >= 0.6 is 0 Å². The minimum atomic E-state index is -0.243. The van der Waals surface area contributed by atoms with E-state index in [9.17, 15) is 9.59 Å². The van der Waals surface area contributed by atoms with E-state index >= 15 is 0 Å². The van der Waals surface area contributed by atoms with Crippen molar-refractivity contribution in [3.63, 3.8) is 0 Å². The van der Waals surface area contributed by atoms with Gasteiger partial charge in [0.1, 0.15) is 5.82 Å². The van der Waals surface area contributed by atoms with Gasteiger partial charge in [-0.05, 0) is 57.4 Å². The highest BCUT2D eigenvalue weighted by Crippen LogP contribution is 2.15. The maximum absolute atomic E-state index is 13.0. The average molecular weight is 375 g/mol. The minimum Gasteiger partial charge on any atom is -0.315 e. The van der Waals surface area contributed by atoms with Crippen molar-refractivity contribution in [2.45, 2.75) is 13.0 Å². The number of rotatable bonds is 5. The van der Waals surface area contributed by atoms with Crippen molar-refractivity contribution in [1.29, 1.82) is 0 Å². The van der Waals surface area contributed by atoms with Gasteiger partial charge in [0.2, 0.25) is 0 Å². The van der Waals surface area contributed by atoms with Crippen LogP contribution in [-0.2, 0) is 6.54 Å². The lowest BCUT2D eigenvalue weighted by atomic mass is 10.2. The molecule has 4 aromatic rings. The highest BCUT2D eigenvalue weighted by atomic mass is 16.1. The molecule has 0 aliphatic rings. The fourth-order valence-corrected chi connectivity index (χ4v) is 3.27. The Morgan fingerprint density at radius 1 is 0.964 bits per heavy atom. The van der Waals surface area contributed by atoms with Gasteiger partial charge in [0.15, 0.2) is 0 Å². The van der Waals surface area contributed by atoms with Gasteiger partial charge in [0.05, 0.1) is 21.8 Å². The van der Waals surface area contributed by atoms with E-state index in [-0.39, 0.29) is 11.1 Å². The molecule has 0 unspecified atom stereocenters. The zero-order chi connectivity index (χ0) is 19.7. The molecule has 0 aliphatic carbocycles. The first kappa shape index (κ1) is 18.1. The number of aryl methyl sites for hydroxylation is 1. The third kappa shape index (κ3) is 3.32. The molecule has 28 heavy (non-hydrogen) atoms. The fraction of sp³-hybridized carbons (Fsp3) is 0.238. The lowest BCUT2D eigenvalue weighted by Crippen LogP contribution is -2.23. The second-order valence-corrected chi connectivity index (χ2v) is 7.00. The zero-order valence-corrected chi connectivity index (χ0v) is 15.9. The standard InChI is InChI=1S/C21H21N5O2/c1-24(2)10-5-11-25-12-7-17-15(20(25)27)14-16-18(23-17)8-13-26(21(16)28)19-6-3-4-9-22-19/h3-4,6-9,12-14H,5,10-11H2,1-2H3. The molecule has 0 saturated carbocycles. The van der Waals surface area contributed by atoms with Crippen LogP contribution in [0.2, 0.25) is 0 Å². The lowest BCUT2D eigenvalue weighted by Gasteiger charge is -2.11. The van der Waals surface area contributed by atoms with Gasteiger partial charge in [0, 0.05) is 25.1 Å². The number of hydrogen-bond acceptors (Lipinski definition) is 5. The zero-order valence-electron chi connectivity index (χ0n) is 15.9. The highest BCUT2D eigenvalue weighted by molar-refractivity contribution is 5.91. The molecule has 0 aliphatic heterocycles. The summed E-state index contributed by atoms with van der Waals surface area (Å²) in [5.74, 6) is 0.531.